The Labute approximate surface area is 111 Å². The fraction of sp³-hybridized carbons (Fsp3) is 0.417. The lowest BCUT2D eigenvalue weighted by atomic mass is 10.1. The smallest absolute Gasteiger partial charge is 0.339 e. The summed E-state index contributed by atoms with van der Waals surface area (Å²) < 4.78 is 9.88. The molecule has 1 aromatic carbocycles. The lowest BCUT2D eigenvalue weighted by molar-refractivity contribution is 0.0526. The van der Waals surface area contributed by atoms with Gasteiger partial charge in [0.25, 0.3) is 0 Å². The summed E-state index contributed by atoms with van der Waals surface area (Å²) in [6, 6.07) is 3.21. The van der Waals surface area contributed by atoms with Crippen LogP contribution in [-0.4, -0.2) is 26.3 Å². The molecule has 0 aliphatic rings. The number of halogens is 2. The van der Waals surface area contributed by atoms with Gasteiger partial charge in [0.05, 0.1) is 23.8 Å². The van der Waals surface area contributed by atoms with E-state index in [2.05, 4.69) is 0 Å². The van der Waals surface area contributed by atoms with Crippen LogP contribution in [0.1, 0.15) is 22.8 Å². The van der Waals surface area contributed by atoms with Crippen molar-refractivity contribution in [2.45, 2.75) is 13.3 Å². The Balaban J connectivity index is 3.05. The van der Waals surface area contributed by atoms with Gasteiger partial charge in [0.1, 0.15) is 0 Å². The number of hydrogen-bond donors (Lipinski definition) is 0. The first-order chi connectivity index (χ1) is 8.11. The van der Waals surface area contributed by atoms with Gasteiger partial charge in [0.15, 0.2) is 0 Å². The number of esters is 1. The van der Waals surface area contributed by atoms with Crippen LogP contribution in [-0.2, 0) is 15.9 Å². The number of benzene rings is 1. The standard InChI is InChI=1S/C12H14Cl2O3/c1-3-17-12(15)9-4-5-10(13)8(11(9)14)6-7-16-2/h4-5H,3,6-7H2,1-2H3. The van der Waals surface area contributed by atoms with Crippen molar-refractivity contribution in [2.75, 3.05) is 20.3 Å². The van der Waals surface area contributed by atoms with Crippen LogP contribution in [0.3, 0.4) is 0 Å². The predicted octanol–water partition coefficient (Wildman–Crippen LogP) is 3.36. The molecular formula is C12H14Cl2O3. The van der Waals surface area contributed by atoms with Gasteiger partial charge in [0.2, 0.25) is 0 Å². The largest absolute Gasteiger partial charge is 0.462 e. The molecular weight excluding hydrogens is 263 g/mol. The second-order valence-electron chi connectivity index (χ2n) is 3.35. The third-order valence-corrected chi connectivity index (χ3v) is 3.02. The molecule has 0 saturated heterocycles. The van der Waals surface area contributed by atoms with E-state index in [9.17, 15) is 4.79 Å². The van der Waals surface area contributed by atoms with Gasteiger partial charge in [-0.15, -0.1) is 0 Å². The molecule has 0 aliphatic heterocycles. The number of rotatable bonds is 5. The summed E-state index contributed by atoms with van der Waals surface area (Å²) in [5.74, 6) is -0.437. The molecule has 5 heteroatoms. The van der Waals surface area contributed by atoms with Crippen molar-refractivity contribution in [2.24, 2.45) is 0 Å². The minimum Gasteiger partial charge on any atom is -0.462 e. The number of hydrogen-bond acceptors (Lipinski definition) is 3. The second kappa shape index (κ2) is 6.84. The third-order valence-electron chi connectivity index (χ3n) is 2.24. The molecule has 0 heterocycles. The summed E-state index contributed by atoms with van der Waals surface area (Å²) in [4.78, 5) is 11.6. The molecule has 0 aliphatic carbocycles. The molecule has 17 heavy (non-hydrogen) atoms. The van der Waals surface area contributed by atoms with Crippen LogP contribution in [0.2, 0.25) is 10.0 Å². The van der Waals surface area contributed by atoms with Crippen LogP contribution in [0.5, 0.6) is 0 Å². The van der Waals surface area contributed by atoms with Crippen molar-refractivity contribution in [3.05, 3.63) is 33.3 Å². The van der Waals surface area contributed by atoms with Gasteiger partial charge >= 0.3 is 5.97 Å². The summed E-state index contributed by atoms with van der Waals surface area (Å²) in [5, 5.41) is 0.869. The highest BCUT2D eigenvalue weighted by Crippen LogP contribution is 2.29. The van der Waals surface area contributed by atoms with Crippen molar-refractivity contribution < 1.29 is 14.3 Å². The van der Waals surface area contributed by atoms with E-state index in [1.807, 2.05) is 0 Å². The quantitative estimate of drug-likeness (QED) is 0.774. The average Bonchev–Trinajstić information content (AvgIpc) is 2.29. The van der Waals surface area contributed by atoms with E-state index in [1.165, 1.54) is 0 Å². The third kappa shape index (κ3) is 3.60. The summed E-state index contributed by atoms with van der Waals surface area (Å²) >= 11 is 12.2. The Kier molecular flexibility index (Phi) is 5.75. The summed E-state index contributed by atoms with van der Waals surface area (Å²) in [6.07, 6.45) is 0.557. The molecule has 0 amide bonds. The van der Waals surface area contributed by atoms with Crippen molar-refractivity contribution in [3.63, 3.8) is 0 Å². The molecule has 0 fully saturated rings. The maximum Gasteiger partial charge on any atom is 0.339 e. The van der Waals surface area contributed by atoms with Crippen LogP contribution in [0.25, 0.3) is 0 Å². The van der Waals surface area contributed by atoms with E-state index < -0.39 is 5.97 Å². The minimum absolute atomic E-state index is 0.311. The summed E-state index contributed by atoms with van der Waals surface area (Å²) in [5.41, 5.74) is 1.05. The second-order valence-corrected chi connectivity index (χ2v) is 4.14. The molecule has 0 aromatic heterocycles. The first kappa shape index (κ1) is 14.3. The predicted molar refractivity (Wildman–Crippen MR) is 68.0 cm³/mol. The molecule has 3 nitrogen and oxygen atoms in total. The highest BCUT2D eigenvalue weighted by molar-refractivity contribution is 6.37. The van der Waals surface area contributed by atoms with Crippen LogP contribution < -0.4 is 0 Å². The van der Waals surface area contributed by atoms with E-state index in [0.29, 0.717) is 40.8 Å². The zero-order valence-electron chi connectivity index (χ0n) is 9.76. The molecule has 1 aromatic rings. The number of carbonyl (C=O) groups is 1. The Bertz CT molecular complexity index is 405. The molecule has 0 N–H and O–H groups in total. The fourth-order valence-electron chi connectivity index (χ4n) is 1.40. The van der Waals surface area contributed by atoms with Gasteiger partial charge < -0.3 is 9.47 Å². The van der Waals surface area contributed by atoms with Crippen molar-refractivity contribution >= 4 is 29.2 Å². The van der Waals surface area contributed by atoms with Gasteiger partial charge in [0, 0.05) is 12.1 Å². The maximum atomic E-state index is 11.6. The SMILES string of the molecule is CCOC(=O)c1ccc(Cl)c(CCOC)c1Cl. The van der Waals surface area contributed by atoms with Gasteiger partial charge in [-0.1, -0.05) is 23.2 Å². The van der Waals surface area contributed by atoms with E-state index in [1.54, 1.807) is 26.2 Å². The summed E-state index contributed by atoms with van der Waals surface area (Å²) in [7, 11) is 1.59. The van der Waals surface area contributed by atoms with Crippen LogP contribution >= 0.6 is 23.2 Å². The number of carbonyl (C=O) groups excluding carboxylic acids is 1. The topological polar surface area (TPSA) is 35.5 Å². The van der Waals surface area contributed by atoms with Crippen molar-refractivity contribution in [3.8, 4) is 0 Å². The first-order valence-corrected chi connectivity index (χ1v) is 6.00. The van der Waals surface area contributed by atoms with E-state index in [0.717, 1.165) is 0 Å². The average molecular weight is 277 g/mol. The Morgan fingerprint density at radius 2 is 2.06 bits per heavy atom. The van der Waals surface area contributed by atoms with E-state index in [-0.39, 0.29) is 0 Å². The lowest BCUT2D eigenvalue weighted by Gasteiger charge is -2.10. The molecule has 0 spiro atoms. The van der Waals surface area contributed by atoms with E-state index in [4.69, 9.17) is 32.7 Å². The van der Waals surface area contributed by atoms with Gasteiger partial charge in [-0.25, -0.2) is 4.79 Å². The zero-order valence-corrected chi connectivity index (χ0v) is 11.3. The maximum absolute atomic E-state index is 11.6. The Morgan fingerprint density at radius 1 is 1.35 bits per heavy atom. The molecule has 0 unspecified atom stereocenters. The first-order valence-electron chi connectivity index (χ1n) is 5.24. The monoisotopic (exact) mass is 276 g/mol. The molecule has 0 bridgehead atoms. The van der Waals surface area contributed by atoms with Crippen molar-refractivity contribution in [1.29, 1.82) is 0 Å². The summed E-state index contributed by atoms with van der Waals surface area (Å²) in [6.45, 7) is 2.55. The van der Waals surface area contributed by atoms with Gasteiger partial charge in [-0.05, 0) is 31.0 Å². The molecule has 0 radical (unpaired) electrons. The lowest BCUT2D eigenvalue weighted by Crippen LogP contribution is -2.07. The number of methoxy groups -OCH3 is 1. The van der Waals surface area contributed by atoms with Crippen LogP contribution in [0.4, 0.5) is 0 Å². The Hall–Kier alpha value is -0.770. The van der Waals surface area contributed by atoms with Crippen LogP contribution in [0, 0.1) is 0 Å². The van der Waals surface area contributed by atoms with Gasteiger partial charge in [-0.2, -0.15) is 0 Å². The van der Waals surface area contributed by atoms with Crippen molar-refractivity contribution in [1.82, 2.24) is 0 Å². The normalized spacial score (nSPS) is 10.4. The van der Waals surface area contributed by atoms with Crippen LogP contribution in [0.15, 0.2) is 12.1 Å². The molecule has 94 valence electrons. The highest BCUT2D eigenvalue weighted by atomic mass is 35.5. The molecule has 0 atom stereocenters. The molecule has 1 rings (SSSR count). The minimum atomic E-state index is -0.437. The fourth-order valence-corrected chi connectivity index (χ4v) is 2.03. The Morgan fingerprint density at radius 3 is 2.65 bits per heavy atom. The number of ether oxygens (including phenoxy) is 2. The molecule has 0 saturated carbocycles. The highest BCUT2D eigenvalue weighted by Gasteiger charge is 2.16. The van der Waals surface area contributed by atoms with E-state index >= 15 is 0 Å². The van der Waals surface area contributed by atoms with Gasteiger partial charge in [-0.3, -0.25) is 0 Å². The zero-order chi connectivity index (χ0) is 12.8.